The van der Waals surface area contributed by atoms with Crippen molar-refractivity contribution in [3.63, 3.8) is 0 Å². The summed E-state index contributed by atoms with van der Waals surface area (Å²) in [5.41, 5.74) is 0.893. The molecule has 0 spiro atoms. The molecule has 126 valence electrons. The van der Waals surface area contributed by atoms with Gasteiger partial charge in [-0.25, -0.2) is 13.2 Å². The van der Waals surface area contributed by atoms with E-state index >= 15 is 0 Å². The molecule has 0 radical (unpaired) electrons. The maximum Gasteiger partial charge on any atom is 0.328 e. The monoisotopic (exact) mass is 339 g/mol. The van der Waals surface area contributed by atoms with Crippen molar-refractivity contribution < 1.29 is 22.7 Å². The average Bonchev–Trinajstić information content (AvgIpc) is 2.88. The lowest BCUT2D eigenvalue weighted by Gasteiger charge is -2.19. The van der Waals surface area contributed by atoms with Crippen molar-refractivity contribution in [2.75, 3.05) is 18.1 Å². The Morgan fingerprint density at radius 2 is 2.00 bits per heavy atom. The Labute approximate surface area is 136 Å². The van der Waals surface area contributed by atoms with Crippen LogP contribution in [0.2, 0.25) is 0 Å². The fraction of sp³-hybridized carbons (Fsp3) is 0.500. The molecule has 2 rings (SSSR count). The van der Waals surface area contributed by atoms with Crippen LogP contribution in [0.15, 0.2) is 30.3 Å². The summed E-state index contributed by atoms with van der Waals surface area (Å²) in [5, 5.41) is 2.65. The number of rotatable bonds is 6. The summed E-state index contributed by atoms with van der Waals surface area (Å²) in [6.45, 7) is 1.92. The molecule has 23 heavy (non-hydrogen) atoms. The number of nitrogens with one attached hydrogen (secondary N) is 1. The summed E-state index contributed by atoms with van der Waals surface area (Å²) in [5.74, 6) is -1.63. The van der Waals surface area contributed by atoms with Crippen LogP contribution < -0.4 is 5.32 Å². The lowest BCUT2D eigenvalue weighted by atomic mass is 10.0. The van der Waals surface area contributed by atoms with Gasteiger partial charge in [0.05, 0.1) is 24.0 Å². The Morgan fingerprint density at radius 1 is 1.30 bits per heavy atom. The maximum atomic E-state index is 12.3. The predicted molar refractivity (Wildman–Crippen MR) is 85.5 cm³/mol. The van der Waals surface area contributed by atoms with Crippen LogP contribution in [0.4, 0.5) is 0 Å². The first-order valence-electron chi connectivity index (χ1n) is 7.62. The highest BCUT2D eigenvalue weighted by Gasteiger charge is 2.35. The van der Waals surface area contributed by atoms with E-state index in [4.69, 9.17) is 4.74 Å². The van der Waals surface area contributed by atoms with Crippen molar-refractivity contribution in [3.05, 3.63) is 35.9 Å². The topological polar surface area (TPSA) is 89.5 Å². The first-order valence-corrected chi connectivity index (χ1v) is 9.45. The van der Waals surface area contributed by atoms with E-state index in [0.29, 0.717) is 12.8 Å². The zero-order valence-electron chi connectivity index (χ0n) is 13.0. The molecule has 0 aliphatic carbocycles. The number of sulfone groups is 1. The highest BCUT2D eigenvalue weighted by Crippen LogP contribution is 2.19. The van der Waals surface area contributed by atoms with Gasteiger partial charge in [0.15, 0.2) is 9.84 Å². The van der Waals surface area contributed by atoms with E-state index in [2.05, 4.69) is 5.32 Å². The minimum Gasteiger partial charge on any atom is -0.464 e. The minimum atomic E-state index is -3.14. The third-order valence-corrected chi connectivity index (χ3v) is 5.54. The Kier molecular flexibility index (Phi) is 5.76. The third kappa shape index (κ3) is 5.06. The van der Waals surface area contributed by atoms with Crippen molar-refractivity contribution in [1.29, 1.82) is 0 Å². The maximum absolute atomic E-state index is 12.3. The van der Waals surface area contributed by atoms with Gasteiger partial charge in [-0.1, -0.05) is 30.3 Å². The number of amides is 1. The molecule has 1 aliphatic rings. The fourth-order valence-corrected chi connectivity index (χ4v) is 4.32. The summed E-state index contributed by atoms with van der Waals surface area (Å²) in [4.78, 5) is 24.3. The zero-order chi connectivity index (χ0) is 16.9. The SMILES string of the molecule is CCOC(=O)[C@H](Cc1ccccc1)NC(=O)[C@@H]1CCS(=O)(=O)C1. The van der Waals surface area contributed by atoms with Gasteiger partial charge >= 0.3 is 5.97 Å². The fourth-order valence-electron chi connectivity index (χ4n) is 2.58. The second-order valence-corrected chi connectivity index (χ2v) is 7.83. The first-order chi connectivity index (χ1) is 10.9. The van der Waals surface area contributed by atoms with Gasteiger partial charge in [-0.3, -0.25) is 4.79 Å². The summed E-state index contributed by atoms with van der Waals surface area (Å²) in [6.07, 6.45) is 0.611. The van der Waals surface area contributed by atoms with E-state index in [1.807, 2.05) is 30.3 Å². The summed E-state index contributed by atoms with van der Waals surface area (Å²) in [7, 11) is -3.14. The molecule has 1 heterocycles. The second-order valence-electron chi connectivity index (χ2n) is 5.60. The molecule has 7 heteroatoms. The van der Waals surface area contributed by atoms with Gasteiger partial charge in [-0.2, -0.15) is 0 Å². The molecule has 6 nitrogen and oxygen atoms in total. The van der Waals surface area contributed by atoms with Gasteiger partial charge in [0, 0.05) is 6.42 Å². The molecule has 0 saturated carbocycles. The van der Waals surface area contributed by atoms with Crippen molar-refractivity contribution in [1.82, 2.24) is 5.32 Å². The molecular formula is C16H21NO5S. The van der Waals surface area contributed by atoms with Crippen molar-refractivity contribution >= 4 is 21.7 Å². The van der Waals surface area contributed by atoms with Gasteiger partial charge in [-0.15, -0.1) is 0 Å². The highest BCUT2D eigenvalue weighted by atomic mass is 32.2. The van der Waals surface area contributed by atoms with Crippen LogP contribution in [0.5, 0.6) is 0 Å². The zero-order valence-corrected chi connectivity index (χ0v) is 13.8. The van der Waals surface area contributed by atoms with Gasteiger partial charge in [0.2, 0.25) is 5.91 Å². The summed E-state index contributed by atoms with van der Waals surface area (Å²) < 4.78 is 28.0. The van der Waals surface area contributed by atoms with Crippen LogP contribution >= 0.6 is 0 Å². The normalized spacial score (nSPS) is 20.7. The molecule has 1 N–H and O–H groups in total. The van der Waals surface area contributed by atoms with E-state index in [0.717, 1.165) is 5.56 Å². The molecule has 1 aromatic rings. The quantitative estimate of drug-likeness (QED) is 0.771. The molecule has 1 aromatic carbocycles. The van der Waals surface area contributed by atoms with Crippen molar-refractivity contribution in [2.45, 2.75) is 25.8 Å². The number of esters is 1. The number of benzene rings is 1. The van der Waals surface area contributed by atoms with Gasteiger partial charge in [0.1, 0.15) is 6.04 Å². The molecule has 1 saturated heterocycles. The molecule has 0 aromatic heterocycles. The Bertz CT molecular complexity index is 656. The number of hydrogen-bond donors (Lipinski definition) is 1. The average molecular weight is 339 g/mol. The largest absolute Gasteiger partial charge is 0.464 e. The lowest BCUT2D eigenvalue weighted by molar-refractivity contribution is -0.147. The van der Waals surface area contributed by atoms with Crippen LogP contribution in [0.1, 0.15) is 18.9 Å². The molecule has 1 amide bonds. The van der Waals surface area contributed by atoms with E-state index in [1.165, 1.54) is 0 Å². The highest BCUT2D eigenvalue weighted by molar-refractivity contribution is 7.91. The summed E-state index contributed by atoms with van der Waals surface area (Å²) in [6, 6.07) is 8.47. The Hall–Kier alpha value is -1.89. The van der Waals surface area contributed by atoms with Gasteiger partial charge in [0.25, 0.3) is 0 Å². The van der Waals surface area contributed by atoms with E-state index in [1.54, 1.807) is 6.92 Å². The van der Waals surface area contributed by atoms with Gasteiger partial charge in [-0.05, 0) is 18.9 Å². The second kappa shape index (κ2) is 7.59. The standard InChI is InChI=1S/C16H21NO5S/c1-2-22-16(19)14(10-12-6-4-3-5-7-12)17-15(18)13-8-9-23(20,21)11-13/h3-7,13-14H,2,8-11H2,1H3,(H,17,18)/t13-,14+/m1/s1. The number of hydrogen-bond acceptors (Lipinski definition) is 5. The molecule has 0 bridgehead atoms. The van der Waals surface area contributed by atoms with Crippen LogP contribution in [-0.4, -0.2) is 44.4 Å². The number of carbonyl (C=O) groups is 2. The van der Waals surface area contributed by atoms with E-state index < -0.39 is 33.7 Å². The smallest absolute Gasteiger partial charge is 0.328 e. The Morgan fingerprint density at radius 3 is 2.57 bits per heavy atom. The Balaban J connectivity index is 2.05. The lowest BCUT2D eigenvalue weighted by Crippen LogP contribution is -2.46. The molecule has 1 fully saturated rings. The van der Waals surface area contributed by atoms with Crippen LogP contribution in [0.3, 0.4) is 0 Å². The third-order valence-electron chi connectivity index (χ3n) is 3.77. The number of carbonyl (C=O) groups excluding carboxylic acids is 2. The van der Waals surface area contributed by atoms with Crippen LogP contribution in [-0.2, 0) is 30.6 Å². The minimum absolute atomic E-state index is 0.0217. The van der Waals surface area contributed by atoms with Gasteiger partial charge < -0.3 is 10.1 Å². The van der Waals surface area contributed by atoms with Crippen molar-refractivity contribution in [3.8, 4) is 0 Å². The molecule has 0 unspecified atom stereocenters. The molecule has 2 atom stereocenters. The number of ether oxygens (including phenoxy) is 1. The van der Waals surface area contributed by atoms with Crippen molar-refractivity contribution in [2.24, 2.45) is 5.92 Å². The van der Waals surface area contributed by atoms with E-state index in [-0.39, 0.29) is 18.1 Å². The van der Waals surface area contributed by atoms with E-state index in [9.17, 15) is 18.0 Å². The van der Waals surface area contributed by atoms with Crippen LogP contribution in [0, 0.1) is 5.92 Å². The molecular weight excluding hydrogens is 318 g/mol. The predicted octanol–water partition coefficient (Wildman–Crippen LogP) is 0.712. The summed E-state index contributed by atoms with van der Waals surface area (Å²) >= 11 is 0. The molecule has 1 aliphatic heterocycles. The van der Waals surface area contributed by atoms with Crippen LogP contribution in [0.25, 0.3) is 0 Å². The first kappa shape index (κ1) is 17.5.